The first-order valence-corrected chi connectivity index (χ1v) is 29.5. The minimum atomic E-state index is -0.853. The van der Waals surface area contributed by atoms with E-state index in [9.17, 15) is 0 Å². The average molecular weight is 1080 g/mol. The van der Waals surface area contributed by atoms with Crippen LogP contribution in [0, 0.1) is 27.7 Å². The van der Waals surface area contributed by atoms with Crippen LogP contribution in [0.3, 0.4) is 0 Å². The molecule has 16 rings (SSSR count). The summed E-state index contributed by atoms with van der Waals surface area (Å²) < 4.78 is 15.1. The first-order chi connectivity index (χ1) is 41.1. The zero-order chi connectivity index (χ0) is 56.6. The van der Waals surface area contributed by atoms with Crippen LogP contribution in [-0.4, -0.2) is 0 Å². The van der Waals surface area contributed by atoms with Crippen LogP contribution in [0.2, 0.25) is 0 Å². The molecule has 0 aliphatic heterocycles. The van der Waals surface area contributed by atoms with Crippen LogP contribution < -0.4 is 4.90 Å². The summed E-state index contributed by atoms with van der Waals surface area (Å²) in [7, 11) is 0. The molecule has 2 aromatic heterocycles. The second-order valence-corrected chi connectivity index (χ2v) is 24.0. The summed E-state index contributed by atoms with van der Waals surface area (Å²) in [6.45, 7) is 13.8. The van der Waals surface area contributed by atoms with Gasteiger partial charge in [0, 0.05) is 49.8 Å². The Labute approximate surface area is 490 Å². The van der Waals surface area contributed by atoms with E-state index in [0.717, 1.165) is 72.1 Å². The van der Waals surface area contributed by atoms with Crippen LogP contribution >= 0.6 is 0 Å². The smallest absolute Gasteiger partial charge is 0.160 e. The van der Waals surface area contributed by atoms with Crippen LogP contribution in [0.5, 0.6) is 0 Å². The lowest BCUT2D eigenvalue weighted by atomic mass is 9.55. The van der Waals surface area contributed by atoms with E-state index in [0.29, 0.717) is 0 Å². The highest BCUT2D eigenvalue weighted by atomic mass is 16.3. The molecule has 1 unspecified atom stereocenters. The topological polar surface area (TPSA) is 29.5 Å². The number of furan rings is 2. The van der Waals surface area contributed by atoms with Crippen molar-refractivity contribution in [3.8, 4) is 33.4 Å². The minimum absolute atomic E-state index is 0.226. The van der Waals surface area contributed by atoms with Crippen LogP contribution in [0.15, 0.2) is 264 Å². The third-order valence-corrected chi connectivity index (χ3v) is 19.0. The van der Waals surface area contributed by atoms with E-state index in [1.165, 1.54) is 94.6 Å². The average Bonchev–Trinajstić information content (AvgIpc) is 1.48. The molecule has 0 N–H and O–H groups in total. The second-order valence-electron chi connectivity index (χ2n) is 24.0. The molecule has 2 aliphatic rings. The molecule has 0 saturated heterocycles. The summed E-state index contributed by atoms with van der Waals surface area (Å²) in [4.78, 5) is 2.48. The summed E-state index contributed by atoms with van der Waals surface area (Å²) in [6.07, 6.45) is 0. The van der Waals surface area contributed by atoms with Crippen LogP contribution in [0.4, 0.5) is 17.1 Å². The molecule has 0 amide bonds. The van der Waals surface area contributed by atoms with Gasteiger partial charge in [-0.25, -0.2) is 0 Å². The van der Waals surface area contributed by atoms with E-state index in [1.807, 2.05) is 0 Å². The number of para-hydroxylation sites is 3. The fourth-order valence-corrected chi connectivity index (χ4v) is 15.1. The summed E-state index contributed by atoms with van der Waals surface area (Å²) in [6, 6.07) is 94.8. The van der Waals surface area contributed by atoms with Crippen LogP contribution in [0.1, 0.15) is 92.1 Å². The number of anilines is 3. The first-order valence-electron chi connectivity index (χ1n) is 29.5. The molecular formula is C81H61NO2. The highest BCUT2D eigenvalue weighted by Gasteiger charge is 2.56. The Hall–Kier alpha value is -9.96. The van der Waals surface area contributed by atoms with Gasteiger partial charge in [0.15, 0.2) is 5.58 Å². The van der Waals surface area contributed by atoms with Gasteiger partial charge in [-0.2, -0.15) is 0 Å². The molecule has 2 heterocycles. The maximum atomic E-state index is 7.57. The van der Waals surface area contributed by atoms with Gasteiger partial charge in [-0.05, 0) is 176 Å². The molecule has 0 bridgehead atoms. The summed E-state index contributed by atoms with van der Waals surface area (Å²) in [5.74, 6) is -0.226. The zero-order valence-corrected chi connectivity index (χ0v) is 48.1. The van der Waals surface area contributed by atoms with Gasteiger partial charge in [0.05, 0.1) is 11.1 Å². The maximum Gasteiger partial charge on any atom is 0.160 e. The number of benzene rings is 12. The van der Waals surface area contributed by atoms with Gasteiger partial charge >= 0.3 is 0 Å². The fraction of sp³-hybridized carbons (Fsp3) is 0.111. The third kappa shape index (κ3) is 7.12. The Morgan fingerprint density at radius 1 is 0.357 bits per heavy atom. The Morgan fingerprint density at radius 3 is 1.46 bits per heavy atom. The van der Waals surface area contributed by atoms with Crippen molar-refractivity contribution in [1.82, 2.24) is 0 Å². The van der Waals surface area contributed by atoms with Crippen molar-refractivity contribution in [3.05, 3.63) is 327 Å². The minimum Gasteiger partial charge on any atom is -0.456 e. The van der Waals surface area contributed by atoms with E-state index >= 15 is 0 Å². The van der Waals surface area contributed by atoms with E-state index in [4.69, 9.17) is 8.83 Å². The molecule has 1 atom stereocenters. The number of hydrogen-bond acceptors (Lipinski definition) is 3. The van der Waals surface area contributed by atoms with Gasteiger partial charge in [0.25, 0.3) is 0 Å². The molecule has 2 aliphatic carbocycles. The Morgan fingerprint density at radius 2 is 0.845 bits per heavy atom. The summed E-state index contributed by atoms with van der Waals surface area (Å²) in [5, 5.41) is 4.36. The number of hydrogen-bond donors (Lipinski definition) is 0. The number of aryl methyl sites for hydroxylation is 4. The molecule has 1 spiro atoms. The van der Waals surface area contributed by atoms with Gasteiger partial charge in [-0.3, -0.25) is 0 Å². The standard InChI is InChI=1S/C81H61NO2/c1-49-25-13-15-31-57(49)73(55-43-41-50(2)60(45-55)53-27-9-7-10-28-53)62-47-67-76(74-58-32-16-23-39-71(58)83-78(62)74)77-68(81(67)65-36-20-18-34-63(65)80(5,6)64-35-19-21-37-66(64)81)48-70(79-75(77)59-33-17-24-40-72(59)84-79)82(69-38-22-14-26-52(69)4)56-44-42-51(3)61(46-56)54-29-11-8-12-30-54/h7-48,73H,1-6H3. The largest absolute Gasteiger partial charge is 0.456 e. The number of fused-ring (bicyclic) bond motifs is 17. The van der Waals surface area contributed by atoms with Crippen molar-refractivity contribution in [3.63, 3.8) is 0 Å². The molecule has 402 valence electrons. The molecule has 3 nitrogen and oxygen atoms in total. The van der Waals surface area contributed by atoms with E-state index in [-0.39, 0.29) is 11.3 Å². The van der Waals surface area contributed by atoms with Gasteiger partial charge in [0.1, 0.15) is 16.7 Å². The lowest BCUT2D eigenvalue weighted by Crippen LogP contribution is -2.40. The van der Waals surface area contributed by atoms with Gasteiger partial charge in [-0.1, -0.05) is 220 Å². The van der Waals surface area contributed by atoms with Gasteiger partial charge in [0.2, 0.25) is 0 Å². The summed E-state index contributed by atoms with van der Waals surface area (Å²) >= 11 is 0. The highest BCUT2D eigenvalue weighted by molar-refractivity contribution is 6.26. The molecule has 84 heavy (non-hydrogen) atoms. The van der Waals surface area contributed by atoms with Crippen molar-refractivity contribution < 1.29 is 8.83 Å². The molecule has 14 aromatic rings. The van der Waals surface area contributed by atoms with E-state index < -0.39 is 5.41 Å². The monoisotopic (exact) mass is 1080 g/mol. The van der Waals surface area contributed by atoms with Crippen molar-refractivity contribution in [2.75, 3.05) is 4.90 Å². The zero-order valence-electron chi connectivity index (χ0n) is 48.1. The molecule has 0 fully saturated rings. The first kappa shape index (κ1) is 49.8. The van der Waals surface area contributed by atoms with Gasteiger partial charge in [-0.15, -0.1) is 0 Å². The lowest BCUT2D eigenvalue weighted by Gasteiger charge is -2.47. The van der Waals surface area contributed by atoms with Crippen molar-refractivity contribution in [2.24, 2.45) is 0 Å². The maximum absolute atomic E-state index is 7.57. The second kappa shape index (κ2) is 18.8. The molecule has 0 radical (unpaired) electrons. The third-order valence-electron chi connectivity index (χ3n) is 19.0. The number of rotatable bonds is 8. The number of nitrogens with zero attached hydrogens (tertiary/aromatic N) is 1. The predicted octanol–water partition coefficient (Wildman–Crippen LogP) is 21.7. The SMILES string of the molecule is Cc1ccc(C(c2ccccc2C)c2cc3c(c4c2oc2ccccc24)-c2c(cc(N(c4ccc(C)c(-c5ccccc5)c4)c4ccccc4C)c4oc5ccccc5c24)C32c3ccccc3C(C)(C)c3ccccc32)cc1-c1ccccc1. The van der Waals surface area contributed by atoms with Crippen molar-refractivity contribution in [2.45, 2.75) is 58.3 Å². The van der Waals surface area contributed by atoms with Crippen molar-refractivity contribution in [1.29, 1.82) is 0 Å². The normalized spacial score (nSPS) is 14.0. The van der Waals surface area contributed by atoms with Gasteiger partial charge < -0.3 is 13.7 Å². The van der Waals surface area contributed by atoms with E-state index in [2.05, 4.69) is 301 Å². The van der Waals surface area contributed by atoms with E-state index in [1.54, 1.807) is 0 Å². The highest BCUT2D eigenvalue weighted by Crippen LogP contribution is 2.67. The van der Waals surface area contributed by atoms with Crippen molar-refractivity contribution >= 4 is 60.9 Å². The molecular weight excluding hydrogens is 1020 g/mol. The van der Waals surface area contributed by atoms with Crippen LogP contribution in [0.25, 0.3) is 77.3 Å². The fourth-order valence-electron chi connectivity index (χ4n) is 15.1. The predicted molar refractivity (Wildman–Crippen MR) is 349 cm³/mol. The molecule has 12 aromatic carbocycles. The Bertz CT molecular complexity index is 4680. The quantitative estimate of drug-likeness (QED) is 0.142. The molecule has 3 heteroatoms. The Kier molecular flexibility index (Phi) is 11.1. The Balaban J connectivity index is 1.12. The summed E-state index contributed by atoms with van der Waals surface area (Å²) in [5.41, 5.74) is 28.5. The van der Waals surface area contributed by atoms with Crippen LogP contribution in [-0.2, 0) is 10.8 Å². The molecule has 0 saturated carbocycles. The lowest BCUT2D eigenvalue weighted by molar-refractivity contribution is 0.563.